The van der Waals surface area contributed by atoms with Crippen LogP contribution in [0.15, 0.2) is 66.0 Å². The number of hydrogen-bond acceptors (Lipinski definition) is 9. The van der Waals surface area contributed by atoms with Crippen molar-refractivity contribution in [1.29, 1.82) is 0 Å². The Labute approximate surface area is 307 Å². The summed E-state index contributed by atoms with van der Waals surface area (Å²) in [6.07, 6.45) is 5.69. The van der Waals surface area contributed by atoms with Crippen molar-refractivity contribution < 1.29 is 23.1 Å². The third kappa shape index (κ3) is 9.97. The van der Waals surface area contributed by atoms with E-state index >= 15 is 0 Å². The van der Waals surface area contributed by atoms with E-state index in [1.807, 2.05) is 86.8 Å². The summed E-state index contributed by atoms with van der Waals surface area (Å²) >= 11 is 1.29. The zero-order valence-corrected chi connectivity index (χ0v) is 32.4. The van der Waals surface area contributed by atoms with E-state index in [4.69, 9.17) is 0 Å². The molecular formula is C39H55N5O5S2. The molecule has 3 unspecified atom stereocenters. The Kier molecular flexibility index (Phi) is 12.3. The summed E-state index contributed by atoms with van der Waals surface area (Å²) in [7, 11) is -3.75. The lowest BCUT2D eigenvalue weighted by molar-refractivity contribution is -0.133. The molecule has 1 saturated heterocycles. The average molecular weight is 738 g/mol. The molecule has 1 saturated carbocycles. The average Bonchev–Trinajstić information content (AvgIpc) is 3.55. The predicted octanol–water partition coefficient (Wildman–Crippen LogP) is 5.30. The molecule has 12 heteroatoms. The van der Waals surface area contributed by atoms with Crippen LogP contribution in [0, 0.1) is 11.8 Å². The number of amides is 2. The van der Waals surface area contributed by atoms with E-state index in [9.17, 15) is 23.1 Å². The molecule has 4 N–H and O–H groups in total. The number of anilines is 1. The van der Waals surface area contributed by atoms with Gasteiger partial charge in [-0.15, -0.1) is 11.3 Å². The number of hydrogen-bond donors (Lipinski definition) is 4. The van der Waals surface area contributed by atoms with Gasteiger partial charge < -0.3 is 21.1 Å². The molecule has 2 fully saturated rings. The SMILES string of the molecule is CC(C)(C)NC(=O)C1C[C@@H]2CCCC[C@@H]2CN1CC(O)C(Cc1ccccc1)NC(=O)[C@@H](Nc1nc(-c2ccccc2)cs1)C(C)(C)S(C)(=O)=O. The van der Waals surface area contributed by atoms with Gasteiger partial charge in [0, 0.05) is 35.8 Å². The highest BCUT2D eigenvalue weighted by atomic mass is 32.2. The highest BCUT2D eigenvalue weighted by Crippen LogP contribution is 2.39. The minimum atomic E-state index is -3.75. The lowest BCUT2D eigenvalue weighted by Crippen LogP contribution is -2.62. The van der Waals surface area contributed by atoms with Gasteiger partial charge in [0.25, 0.3) is 0 Å². The maximum Gasteiger partial charge on any atom is 0.244 e. The van der Waals surface area contributed by atoms with Crippen LogP contribution < -0.4 is 16.0 Å². The molecule has 1 aromatic heterocycles. The lowest BCUT2D eigenvalue weighted by Gasteiger charge is -2.47. The van der Waals surface area contributed by atoms with Crippen LogP contribution >= 0.6 is 11.3 Å². The van der Waals surface area contributed by atoms with Crippen LogP contribution in [0.4, 0.5) is 5.13 Å². The Balaban J connectivity index is 1.42. The number of benzene rings is 2. The second-order valence-electron chi connectivity index (χ2n) is 16.0. The smallest absolute Gasteiger partial charge is 0.244 e. The van der Waals surface area contributed by atoms with E-state index < -0.39 is 50.3 Å². The van der Waals surface area contributed by atoms with Crippen LogP contribution in [0.1, 0.15) is 72.3 Å². The van der Waals surface area contributed by atoms with E-state index in [0.717, 1.165) is 36.6 Å². The number of aliphatic hydroxyl groups excluding tert-OH is 1. The fraction of sp³-hybridized carbons (Fsp3) is 0.564. The maximum atomic E-state index is 14.4. The van der Waals surface area contributed by atoms with E-state index in [2.05, 4.69) is 25.8 Å². The molecule has 6 atom stereocenters. The Morgan fingerprint density at radius 3 is 2.24 bits per heavy atom. The first kappa shape index (κ1) is 38.9. The third-order valence-electron chi connectivity index (χ3n) is 10.6. The van der Waals surface area contributed by atoms with Crippen molar-refractivity contribution in [1.82, 2.24) is 20.5 Å². The van der Waals surface area contributed by atoms with E-state index in [1.54, 1.807) is 0 Å². The highest BCUT2D eigenvalue weighted by molar-refractivity contribution is 7.92. The van der Waals surface area contributed by atoms with Gasteiger partial charge in [0.1, 0.15) is 6.04 Å². The third-order valence-corrected chi connectivity index (χ3v) is 13.5. The number of nitrogens with one attached hydrogen (secondary N) is 3. The van der Waals surface area contributed by atoms with Crippen LogP contribution in [0.5, 0.6) is 0 Å². The molecule has 2 aromatic carbocycles. The van der Waals surface area contributed by atoms with Crippen molar-refractivity contribution in [3.63, 3.8) is 0 Å². The molecule has 278 valence electrons. The minimum absolute atomic E-state index is 0.0418. The van der Waals surface area contributed by atoms with Crippen molar-refractivity contribution in [2.45, 2.75) is 108 Å². The largest absolute Gasteiger partial charge is 0.390 e. The minimum Gasteiger partial charge on any atom is -0.390 e. The number of aromatic nitrogens is 1. The summed E-state index contributed by atoms with van der Waals surface area (Å²) in [6.45, 7) is 9.86. The molecule has 2 heterocycles. The molecule has 3 aromatic rings. The fourth-order valence-corrected chi connectivity index (χ4v) is 8.73. The standard InChI is InChI=1S/C39H55N5O5S2/c1-38(2,3)43-35(46)32-22-28-19-13-14-20-29(28)23-44(32)24-33(45)30(21-26-15-9-7-10-16-26)40-36(47)34(39(4,5)51(6,48)49)42-37-41-31(25-50-37)27-17-11-8-12-18-27/h7-12,15-18,25,28-30,32-34,45H,13-14,19-24H2,1-6H3,(H,40,47)(H,41,42)(H,43,46)/t28-,29+,30?,32?,33?,34+/m0/s1. The number of aliphatic hydroxyl groups is 1. The predicted molar refractivity (Wildman–Crippen MR) is 205 cm³/mol. The summed E-state index contributed by atoms with van der Waals surface area (Å²) in [5.41, 5.74) is 2.13. The molecule has 0 radical (unpaired) electrons. The second-order valence-corrected chi connectivity index (χ2v) is 19.4. The monoisotopic (exact) mass is 737 g/mol. The summed E-state index contributed by atoms with van der Waals surface area (Å²) in [4.78, 5) is 34.9. The van der Waals surface area contributed by atoms with Crippen LogP contribution in [0.25, 0.3) is 11.3 Å². The number of β-amino-alcohol motifs (C(OH)–C–C–N with tert-alkyl or cyclic N) is 1. The van der Waals surface area contributed by atoms with Crippen LogP contribution in [-0.2, 0) is 25.8 Å². The molecule has 0 spiro atoms. The van der Waals surface area contributed by atoms with Gasteiger partial charge in [0.05, 0.1) is 28.6 Å². The Morgan fingerprint density at radius 1 is 0.980 bits per heavy atom. The van der Waals surface area contributed by atoms with Crippen molar-refractivity contribution in [2.24, 2.45) is 11.8 Å². The first-order valence-corrected chi connectivity index (χ1v) is 20.8. The van der Waals surface area contributed by atoms with Crippen LogP contribution in [0.3, 0.4) is 0 Å². The normalized spacial score (nSPS) is 21.9. The number of carbonyl (C=O) groups excluding carboxylic acids is 2. The Morgan fingerprint density at radius 2 is 1.61 bits per heavy atom. The lowest BCUT2D eigenvalue weighted by atomic mass is 9.72. The molecule has 0 bridgehead atoms. The van der Waals surface area contributed by atoms with Crippen LogP contribution in [-0.4, -0.2) is 89.1 Å². The number of carbonyl (C=O) groups is 2. The molecule has 2 amide bonds. The van der Waals surface area contributed by atoms with Gasteiger partial charge in [-0.3, -0.25) is 14.5 Å². The zero-order valence-electron chi connectivity index (χ0n) is 30.8. The Hall–Kier alpha value is -3.32. The first-order chi connectivity index (χ1) is 24.0. The molecule has 2 aliphatic rings. The second kappa shape index (κ2) is 16.1. The number of thiazole rings is 1. The number of fused-ring (bicyclic) bond motifs is 1. The van der Waals surface area contributed by atoms with Gasteiger partial charge in [-0.1, -0.05) is 79.9 Å². The van der Waals surface area contributed by atoms with Gasteiger partial charge in [0.2, 0.25) is 11.8 Å². The molecule has 51 heavy (non-hydrogen) atoms. The number of nitrogens with zero attached hydrogens (tertiary/aromatic N) is 2. The number of piperidine rings is 1. The number of rotatable bonds is 13. The summed E-state index contributed by atoms with van der Waals surface area (Å²) < 4.78 is 24.8. The first-order valence-electron chi connectivity index (χ1n) is 18.1. The maximum absolute atomic E-state index is 14.4. The summed E-state index contributed by atoms with van der Waals surface area (Å²) in [6, 6.07) is 16.8. The summed E-state index contributed by atoms with van der Waals surface area (Å²) in [5, 5.41) is 23.7. The van der Waals surface area contributed by atoms with Gasteiger partial charge in [-0.2, -0.15) is 0 Å². The van der Waals surface area contributed by atoms with Gasteiger partial charge >= 0.3 is 0 Å². The fourth-order valence-electron chi connectivity index (χ4n) is 7.39. The number of likely N-dealkylation sites (tertiary alicyclic amines) is 1. The quantitative estimate of drug-likeness (QED) is 0.186. The number of sulfone groups is 1. The molecule has 1 aliphatic carbocycles. The summed E-state index contributed by atoms with van der Waals surface area (Å²) in [5.74, 6) is 0.325. The van der Waals surface area contributed by atoms with Crippen molar-refractivity contribution in [3.8, 4) is 11.3 Å². The topological polar surface area (TPSA) is 141 Å². The van der Waals surface area contributed by atoms with Gasteiger partial charge in [-0.25, -0.2) is 13.4 Å². The van der Waals surface area contributed by atoms with E-state index in [-0.39, 0.29) is 12.5 Å². The molecule has 5 rings (SSSR count). The Bertz CT molecular complexity index is 1720. The molecular weight excluding hydrogens is 683 g/mol. The highest BCUT2D eigenvalue weighted by Gasteiger charge is 2.46. The van der Waals surface area contributed by atoms with Crippen molar-refractivity contribution >= 4 is 38.1 Å². The van der Waals surface area contributed by atoms with Crippen molar-refractivity contribution in [3.05, 3.63) is 71.6 Å². The van der Waals surface area contributed by atoms with E-state index in [0.29, 0.717) is 35.6 Å². The van der Waals surface area contributed by atoms with Crippen LogP contribution in [0.2, 0.25) is 0 Å². The van der Waals surface area contributed by atoms with E-state index in [1.165, 1.54) is 38.0 Å². The van der Waals surface area contributed by atoms with Gasteiger partial charge in [-0.05, 0) is 71.3 Å². The zero-order chi connectivity index (χ0) is 37.0. The molecule has 1 aliphatic heterocycles. The molecule has 10 nitrogen and oxygen atoms in total. The van der Waals surface area contributed by atoms with Gasteiger partial charge in [0.15, 0.2) is 15.0 Å². The van der Waals surface area contributed by atoms with Crippen molar-refractivity contribution in [2.75, 3.05) is 24.7 Å².